The van der Waals surface area contributed by atoms with Gasteiger partial charge in [-0.15, -0.1) is 10.2 Å². The highest BCUT2D eigenvalue weighted by molar-refractivity contribution is 5.93. The van der Waals surface area contributed by atoms with E-state index in [0.717, 1.165) is 18.2 Å². The number of tetrazole rings is 1. The first kappa shape index (κ1) is 14.4. The number of aromatic nitrogens is 4. The summed E-state index contributed by atoms with van der Waals surface area (Å²) in [5, 5.41) is 26.5. The Hall–Kier alpha value is -3.04. The van der Waals surface area contributed by atoms with E-state index in [0.29, 0.717) is 0 Å². The molecule has 2 rings (SSSR count). The van der Waals surface area contributed by atoms with Gasteiger partial charge in [-0.2, -0.15) is 5.21 Å². The minimum atomic E-state index is -1.22. The normalized spacial score (nSPS) is 11.7. The standard InChI is InChI=1S/C11H11FN6O3/c1-5(9-15-17-18-16-9)13-11(21)14-8-4-6(10(19)20)2-3-7(8)12/h2-5H,1H3,(H,19,20)(H2,13,14,21)(H,15,16,17,18). The van der Waals surface area contributed by atoms with Gasteiger partial charge in [-0.05, 0) is 25.1 Å². The van der Waals surface area contributed by atoms with Crippen molar-refractivity contribution in [3.63, 3.8) is 0 Å². The van der Waals surface area contributed by atoms with Gasteiger partial charge in [-0.1, -0.05) is 5.21 Å². The maximum absolute atomic E-state index is 13.5. The third-order valence-corrected chi connectivity index (χ3v) is 2.56. The van der Waals surface area contributed by atoms with Gasteiger partial charge in [0.2, 0.25) is 0 Å². The van der Waals surface area contributed by atoms with Gasteiger partial charge in [-0.3, -0.25) is 0 Å². The lowest BCUT2D eigenvalue weighted by Gasteiger charge is -2.12. The lowest BCUT2D eigenvalue weighted by Crippen LogP contribution is -2.32. The van der Waals surface area contributed by atoms with Crippen LogP contribution < -0.4 is 10.6 Å². The molecule has 0 aliphatic carbocycles. The summed E-state index contributed by atoms with van der Waals surface area (Å²) in [4.78, 5) is 22.5. The van der Waals surface area contributed by atoms with E-state index in [-0.39, 0.29) is 17.1 Å². The van der Waals surface area contributed by atoms with Crippen molar-refractivity contribution in [2.24, 2.45) is 0 Å². The fraction of sp³-hybridized carbons (Fsp3) is 0.182. The highest BCUT2D eigenvalue weighted by atomic mass is 19.1. The molecule has 0 aliphatic rings. The highest BCUT2D eigenvalue weighted by Crippen LogP contribution is 2.16. The Morgan fingerprint density at radius 3 is 2.81 bits per heavy atom. The number of aromatic carboxylic acids is 1. The minimum Gasteiger partial charge on any atom is -0.478 e. The topological polar surface area (TPSA) is 133 Å². The largest absolute Gasteiger partial charge is 0.478 e. The van der Waals surface area contributed by atoms with Crippen LogP contribution in [0.2, 0.25) is 0 Å². The van der Waals surface area contributed by atoms with Gasteiger partial charge in [0, 0.05) is 0 Å². The quantitative estimate of drug-likeness (QED) is 0.662. The predicted molar refractivity (Wildman–Crippen MR) is 68.1 cm³/mol. The van der Waals surface area contributed by atoms with Gasteiger partial charge in [0.05, 0.1) is 17.3 Å². The summed E-state index contributed by atoms with van der Waals surface area (Å²) in [6, 6.07) is 1.80. The van der Waals surface area contributed by atoms with Gasteiger partial charge in [0.1, 0.15) is 5.82 Å². The Morgan fingerprint density at radius 2 is 2.19 bits per heavy atom. The molecule has 0 saturated carbocycles. The second kappa shape index (κ2) is 5.94. The van der Waals surface area contributed by atoms with Crippen LogP contribution in [0.4, 0.5) is 14.9 Å². The second-order valence-electron chi connectivity index (χ2n) is 4.09. The van der Waals surface area contributed by atoms with Crippen molar-refractivity contribution in [2.75, 3.05) is 5.32 Å². The lowest BCUT2D eigenvalue weighted by atomic mass is 10.2. The zero-order chi connectivity index (χ0) is 15.4. The van der Waals surface area contributed by atoms with Gasteiger partial charge < -0.3 is 15.7 Å². The first-order valence-corrected chi connectivity index (χ1v) is 5.81. The van der Waals surface area contributed by atoms with Gasteiger partial charge >= 0.3 is 12.0 Å². The fourth-order valence-electron chi connectivity index (χ4n) is 1.53. The number of hydrogen-bond donors (Lipinski definition) is 4. The molecule has 1 atom stereocenters. The molecule has 9 nitrogen and oxygen atoms in total. The van der Waals surface area contributed by atoms with Crippen LogP contribution in [-0.2, 0) is 0 Å². The van der Waals surface area contributed by atoms with E-state index in [2.05, 4.69) is 31.3 Å². The number of benzene rings is 1. The third-order valence-electron chi connectivity index (χ3n) is 2.56. The molecule has 0 aliphatic heterocycles. The number of aromatic amines is 1. The molecule has 1 aromatic heterocycles. The lowest BCUT2D eigenvalue weighted by molar-refractivity contribution is 0.0697. The van der Waals surface area contributed by atoms with Gasteiger partial charge in [0.15, 0.2) is 5.82 Å². The van der Waals surface area contributed by atoms with Crippen LogP contribution in [0.25, 0.3) is 0 Å². The van der Waals surface area contributed by atoms with Crippen LogP contribution in [0, 0.1) is 5.82 Å². The molecule has 1 aromatic carbocycles. The van der Waals surface area contributed by atoms with Gasteiger partial charge in [-0.25, -0.2) is 14.0 Å². The van der Waals surface area contributed by atoms with E-state index < -0.39 is 23.9 Å². The summed E-state index contributed by atoms with van der Waals surface area (Å²) >= 11 is 0. The number of carbonyl (C=O) groups excluding carboxylic acids is 1. The number of halogens is 1. The summed E-state index contributed by atoms with van der Waals surface area (Å²) in [5.74, 6) is -1.72. The number of carbonyl (C=O) groups is 2. The molecule has 0 radical (unpaired) electrons. The molecule has 0 saturated heterocycles. The van der Waals surface area contributed by atoms with Crippen molar-refractivity contribution in [2.45, 2.75) is 13.0 Å². The van der Waals surface area contributed by atoms with Crippen LogP contribution >= 0.6 is 0 Å². The molecule has 21 heavy (non-hydrogen) atoms. The van der Waals surface area contributed by atoms with Crippen LogP contribution in [0.1, 0.15) is 29.1 Å². The monoisotopic (exact) mass is 294 g/mol. The molecular weight excluding hydrogens is 283 g/mol. The zero-order valence-electron chi connectivity index (χ0n) is 10.8. The zero-order valence-corrected chi connectivity index (χ0v) is 10.8. The summed E-state index contributed by atoms with van der Waals surface area (Å²) in [5.41, 5.74) is -0.384. The van der Waals surface area contributed by atoms with Gasteiger partial charge in [0.25, 0.3) is 0 Å². The summed E-state index contributed by atoms with van der Waals surface area (Å²) in [7, 11) is 0. The van der Waals surface area contributed by atoms with E-state index in [9.17, 15) is 14.0 Å². The van der Waals surface area contributed by atoms with Crippen molar-refractivity contribution in [3.8, 4) is 0 Å². The maximum atomic E-state index is 13.5. The Bertz CT molecular complexity index is 660. The van der Waals surface area contributed by atoms with E-state index in [1.807, 2.05) is 0 Å². The number of nitrogens with one attached hydrogen (secondary N) is 3. The number of urea groups is 1. The predicted octanol–water partition coefficient (Wildman–Crippen LogP) is 0.920. The number of hydrogen-bond acceptors (Lipinski definition) is 5. The summed E-state index contributed by atoms with van der Waals surface area (Å²) in [6.07, 6.45) is 0. The first-order valence-electron chi connectivity index (χ1n) is 5.81. The fourth-order valence-corrected chi connectivity index (χ4v) is 1.53. The molecule has 0 spiro atoms. The Labute approximate surface area is 117 Å². The molecular formula is C11H11FN6O3. The Morgan fingerprint density at radius 1 is 1.43 bits per heavy atom. The Balaban J connectivity index is 2.05. The minimum absolute atomic E-state index is 0.141. The molecule has 1 unspecified atom stereocenters. The first-order chi connectivity index (χ1) is 9.97. The SMILES string of the molecule is CC(NC(=O)Nc1cc(C(=O)O)ccc1F)c1nn[nH]n1. The van der Waals surface area contributed by atoms with E-state index in [1.165, 1.54) is 0 Å². The second-order valence-corrected chi connectivity index (χ2v) is 4.09. The van der Waals surface area contributed by atoms with Crippen LogP contribution in [-0.4, -0.2) is 37.7 Å². The summed E-state index contributed by atoms with van der Waals surface area (Å²) in [6.45, 7) is 1.61. The molecule has 110 valence electrons. The molecule has 2 aromatic rings. The van der Waals surface area contributed by atoms with Crippen molar-refractivity contribution >= 4 is 17.7 Å². The van der Waals surface area contributed by atoms with Crippen LogP contribution in [0.3, 0.4) is 0 Å². The van der Waals surface area contributed by atoms with E-state index >= 15 is 0 Å². The molecule has 1 heterocycles. The number of nitrogens with zero attached hydrogens (tertiary/aromatic N) is 3. The average molecular weight is 294 g/mol. The molecule has 0 fully saturated rings. The molecule has 4 N–H and O–H groups in total. The number of H-pyrrole nitrogens is 1. The van der Waals surface area contributed by atoms with Crippen LogP contribution in [0.5, 0.6) is 0 Å². The van der Waals surface area contributed by atoms with Crippen molar-refractivity contribution in [3.05, 3.63) is 35.4 Å². The number of anilines is 1. The van der Waals surface area contributed by atoms with E-state index in [1.54, 1.807) is 6.92 Å². The number of amides is 2. The maximum Gasteiger partial charge on any atom is 0.335 e. The van der Waals surface area contributed by atoms with Crippen molar-refractivity contribution in [1.29, 1.82) is 0 Å². The Kier molecular flexibility index (Phi) is 4.07. The molecule has 2 amide bonds. The van der Waals surface area contributed by atoms with Crippen molar-refractivity contribution in [1.82, 2.24) is 25.9 Å². The molecule has 10 heteroatoms. The number of rotatable bonds is 4. The van der Waals surface area contributed by atoms with Crippen molar-refractivity contribution < 1.29 is 19.1 Å². The number of carboxylic acid groups (broad SMARTS) is 1. The smallest absolute Gasteiger partial charge is 0.335 e. The molecule has 0 bridgehead atoms. The van der Waals surface area contributed by atoms with Crippen LogP contribution in [0.15, 0.2) is 18.2 Å². The summed E-state index contributed by atoms with van der Waals surface area (Å²) < 4.78 is 13.5. The number of carboxylic acids is 1. The highest BCUT2D eigenvalue weighted by Gasteiger charge is 2.15. The third kappa shape index (κ3) is 3.49. The average Bonchev–Trinajstić information content (AvgIpc) is 2.95. The van der Waals surface area contributed by atoms with E-state index in [4.69, 9.17) is 5.11 Å².